The molecule has 0 aliphatic heterocycles. The van der Waals surface area contributed by atoms with E-state index in [1.54, 1.807) is 11.8 Å². The van der Waals surface area contributed by atoms with Gasteiger partial charge in [0.1, 0.15) is 5.75 Å². The van der Waals surface area contributed by atoms with Crippen LogP contribution in [-0.2, 0) is 0 Å². The molecule has 0 aromatic heterocycles. The summed E-state index contributed by atoms with van der Waals surface area (Å²) in [4.78, 5) is 1.09. The van der Waals surface area contributed by atoms with E-state index in [1.165, 1.54) is 5.56 Å². The zero-order valence-electron chi connectivity index (χ0n) is 10.7. The van der Waals surface area contributed by atoms with E-state index >= 15 is 0 Å². The second-order valence-electron chi connectivity index (χ2n) is 4.20. The molecular formula is C15H16BrNOS. The van der Waals surface area contributed by atoms with E-state index in [4.69, 9.17) is 10.5 Å². The average Bonchev–Trinajstić information content (AvgIpc) is 2.37. The molecule has 2 N–H and O–H groups in total. The molecule has 0 aliphatic carbocycles. The van der Waals surface area contributed by atoms with Gasteiger partial charge in [0, 0.05) is 20.8 Å². The Balaban J connectivity index is 1.81. The van der Waals surface area contributed by atoms with Crippen molar-refractivity contribution in [3.05, 3.63) is 52.5 Å². The number of rotatable bonds is 5. The normalized spacial score (nSPS) is 10.4. The van der Waals surface area contributed by atoms with Crippen LogP contribution in [0.15, 0.2) is 51.8 Å². The smallest absolute Gasteiger partial charge is 0.119 e. The minimum Gasteiger partial charge on any atom is -0.493 e. The standard InChI is InChI=1S/C15H16BrNOS/c1-11-3-2-4-13(9-11)18-7-8-19-15-6-5-12(16)10-14(15)17/h2-6,9-10H,7-8,17H2,1H3. The Morgan fingerprint density at radius 1 is 1.21 bits per heavy atom. The first-order chi connectivity index (χ1) is 9.15. The topological polar surface area (TPSA) is 35.2 Å². The maximum Gasteiger partial charge on any atom is 0.119 e. The molecule has 2 aromatic carbocycles. The lowest BCUT2D eigenvalue weighted by atomic mass is 10.2. The Labute approximate surface area is 126 Å². The SMILES string of the molecule is Cc1cccc(OCCSc2ccc(Br)cc2N)c1. The fourth-order valence-electron chi connectivity index (χ4n) is 1.67. The highest BCUT2D eigenvalue weighted by Crippen LogP contribution is 2.27. The van der Waals surface area contributed by atoms with Gasteiger partial charge in [-0.2, -0.15) is 0 Å². The van der Waals surface area contributed by atoms with Crippen molar-refractivity contribution in [2.75, 3.05) is 18.1 Å². The third-order valence-corrected chi connectivity index (χ3v) is 4.12. The van der Waals surface area contributed by atoms with E-state index < -0.39 is 0 Å². The van der Waals surface area contributed by atoms with Crippen molar-refractivity contribution in [1.29, 1.82) is 0 Å². The van der Waals surface area contributed by atoms with Crippen molar-refractivity contribution in [1.82, 2.24) is 0 Å². The Bertz CT molecular complexity index is 560. The molecule has 0 heterocycles. The van der Waals surface area contributed by atoms with Gasteiger partial charge >= 0.3 is 0 Å². The molecule has 0 aliphatic rings. The maximum atomic E-state index is 5.94. The molecule has 4 heteroatoms. The highest BCUT2D eigenvalue weighted by molar-refractivity contribution is 9.10. The number of benzene rings is 2. The van der Waals surface area contributed by atoms with Crippen LogP contribution in [0.2, 0.25) is 0 Å². The summed E-state index contributed by atoms with van der Waals surface area (Å²) in [7, 11) is 0. The molecule has 0 radical (unpaired) electrons. The molecule has 0 spiro atoms. The monoisotopic (exact) mass is 337 g/mol. The third kappa shape index (κ3) is 4.48. The Hall–Kier alpha value is -1.13. The molecule has 0 unspecified atom stereocenters. The number of hydrogen-bond donors (Lipinski definition) is 1. The zero-order valence-corrected chi connectivity index (χ0v) is 13.1. The summed E-state index contributed by atoms with van der Waals surface area (Å²) in [5.74, 6) is 1.80. The average molecular weight is 338 g/mol. The number of nitrogens with two attached hydrogens (primary N) is 1. The molecule has 0 saturated carbocycles. The molecule has 0 atom stereocenters. The van der Waals surface area contributed by atoms with Crippen molar-refractivity contribution in [2.45, 2.75) is 11.8 Å². The number of anilines is 1. The fourth-order valence-corrected chi connectivity index (χ4v) is 2.82. The van der Waals surface area contributed by atoms with Crippen LogP contribution in [0.3, 0.4) is 0 Å². The van der Waals surface area contributed by atoms with Crippen LogP contribution in [0, 0.1) is 6.92 Å². The molecular weight excluding hydrogens is 322 g/mol. The van der Waals surface area contributed by atoms with Crippen LogP contribution in [-0.4, -0.2) is 12.4 Å². The summed E-state index contributed by atoms with van der Waals surface area (Å²) >= 11 is 5.11. The van der Waals surface area contributed by atoms with Crippen molar-refractivity contribution < 1.29 is 4.74 Å². The van der Waals surface area contributed by atoms with Gasteiger partial charge in [-0.3, -0.25) is 0 Å². The van der Waals surface area contributed by atoms with Gasteiger partial charge in [0.2, 0.25) is 0 Å². The van der Waals surface area contributed by atoms with Gasteiger partial charge in [-0.05, 0) is 42.8 Å². The van der Waals surface area contributed by atoms with Gasteiger partial charge < -0.3 is 10.5 Å². The summed E-state index contributed by atoms with van der Waals surface area (Å²) in [6.45, 7) is 2.73. The summed E-state index contributed by atoms with van der Waals surface area (Å²) in [6, 6.07) is 14.0. The van der Waals surface area contributed by atoms with Crippen LogP contribution in [0.1, 0.15) is 5.56 Å². The molecule has 0 saturated heterocycles. The molecule has 2 aromatic rings. The minimum absolute atomic E-state index is 0.670. The molecule has 0 bridgehead atoms. The predicted molar refractivity (Wildman–Crippen MR) is 86.0 cm³/mol. The van der Waals surface area contributed by atoms with E-state index in [1.807, 2.05) is 36.4 Å². The Morgan fingerprint density at radius 3 is 2.79 bits per heavy atom. The third-order valence-electron chi connectivity index (χ3n) is 2.57. The lowest BCUT2D eigenvalue weighted by Crippen LogP contribution is -2.00. The highest BCUT2D eigenvalue weighted by Gasteiger charge is 2.01. The van der Waals surface area contributed by atoms with E-state index in [2.05, 4.69) is 28.9 Å². The number of aryl methyl sites for hydroxylation is 1. The molecule has 2 rings (SSSR count). The first-order valence-electron chi connectivity index (χ1n) is 6.02. The molecule has 0 fully saturated rings. The van der Waals surface area contributed by atoms with Gasteiger partial charge in [0.25, 0.3) is 0 Å². The Morgan fingerprint density at radius 2 is 2.05 bits per heavy atom. The van der Waals surface area contributed by atoms with E-state index in [0.717, 1.165) is 26.6 Å². The predicted octanol–water partition coefficient (Wildman–Crippen LogP) is 4.51. The van der Waals surface area contributed by atoms with Crippen LogP contribution < -0.4 is 10.5 Å². The summed E-state index contributed by atoms with van der Waals surface area (Å²) in [5.41, 5.74) is 7.95. The highest BCUT2D eigenvalue weighted by atomic mass is 79.9. The minimum atomic E-state index is 0.670. The van der Waals surface area contributed by atoms with Crippen LogP contribution in [0.25, 0.3) is 0 Å². The molecule has 19 heavy (non-hydrogen) atoms. The number of halogens is 1. The lowest BCUT2D eigenvalue weighted by molar-refractivity contribution is 0.344. The van der Waals surface area contributed by atoms with Gasteiger partial charge in [0.15, 0.2) is 0 Å². The maximum absolute atomic E-state index is 5.94. The van der Waals surface area contributed by atoms with Gasteiger partial charge in [0.05, 0.1) is 6.61 Å². The van der Waals surface area contributed by atoms with Gasteiger partial charge in [-0.1, -0.05) is 28.1 Å². The van der Waals surface area contributed by atoms with Crippen molar-refractivity contribution in [3.8, 4) is 5.75 Å². The molecule has 0 amide bonds. The van der Waals surface area contributed by atoms with E-state index in [9.17, 15) is 0 Å². The number of nitrogen functional groups attached to an aromatic ring is 1. The number of thioether (sulfide) groups is 1. The van der Waals surface area contributed by atoms with Gasteiger partial charge in [-0.15, -0.1) is 11.8 Å². The summed E-state index contributed by atoms with van der Waals surface area (Å²) in [6.07, 6.45) is 0. The number of hydrogen-bond acceptors (Lipinski definition) is 3. The van der Waals surface area contributed by atoms with Crippen molar-refractivity contribution in [2.24, 2.45) is 0 Å². The lowest BCUT2D eigenvalue weighted by Gasteiger charge is -2.08. The Kier molecular flexibility index (Phi) is 5.16. The summed E-state index contributed by atoms with van der Waals surface area (Å²) < 4.78 is 6.71. The summed E-state index contributed by atoms with van der Waals surface area (Å²) in [5, 5.41) is 0. The second-order valence-corrected chi connectivity index (χ2v) is 6.25. The molecule has 2 nitrogen and oxygen atoms in total. The van der Waals surface area contributed by atoms with Crippen LogP contribution in [0.4, 0.5) is 5.69 Å². The first kappa shape index (κ1) is 14.3. The zero-order chi connectivity index (χ0) is 13.7. The van der Waals surface area contributed by atoms with Crippen molar-refractivity contribution in [3.63, 3.8) is 0 Å². The molecule has 100 valence electrons. The largest absolute Gasteiger partial charge is 0.493 e. The van der Waals surface area contributed by atoms with Crippen molar-refractivity contribution >= 4 is 33.4 Å². The van der Waals surface area contributed by atoms with E-state index in [0.29, 0.717) is 6.61 Å². The fraction of sp³-hybridized carbons (Fsp3) is 0.200. The number of ether oxygens (including phenoxy) is 1. The quantitative estimate of drug-likeness (QED) is 0.495. The van der Waals surface area contributed by atoms with Crippen LogP contribution >= 0.6 is 27.7 Å². The van der Waals surface area contributed by atoms with E-state index in [-0.39, 0.29) is 0 Å². The first-order valence-corrected chi connectivity index (χ1v) is 7.80. The van der Waals surface area contributed by atoms with Gasteiger partial charge in [-0.25, -0.2) is 0 Å². The van der Waals surface area contributed by atoms with Crippen LogP contribution in [0.5, 0.6) is 5.75 Å². The second kappa shape index (κ2) is 6.87.